The van der Waals surface area contributed by atoms with Crippen molar-refractivity contribution in [1.29, 1.82) is 0 Å². The second kappa shape index (κ2) is 7.74. The van der Waals surface area contributed by atoms with Crippen LogP contribution in [0.1, 0.15) is 30.6 Å². The van der Waals surface area contributed by atoms with Crippen molar-refractivity contribution in [1.82, 2.24) is 9.88 Å². The molecule has 1 aromatic rings. The van der Waals surface area contributed by atoms with E-state index in [1.54, 1.807) is 25.6 Å². The molecule has 1 rings (SSSR count). The number of nitrogens with zero attached hydrogens (tertiary/aromatic N) is 2. The van der Waals surface area contributed by atoms with Crippen LogP contribution >= 0.6 is 0 Å². The molecule has 5 heteroatoms. The molecule has 0 spiro atoms. The van der Waals surface area contributed by atoms with Gasteiger partial charge < -0.3 is 15.4 Å². The first-order valence-corrected chi connectivity index (χ1v) is 6.57. The Morgan fingerprint density at radius 3 is 2.84 bits per heavy atom. The molecule has 0 bridgehead atoms. The van der Waals surface area contributed by atoms with Gasteiger partial charge in [-0.1, -0.05) is 13.8 Å². The van der Waals surface area contributed by atoms with Gasteiger partial charge in [0.1, 0.15) is 5.75 Å². The molecule has 0 unspecified atom stereocenters. The van der Waals surface area contributed by atoms with E-state index in [0.717, 1.165) is 6.42 Å². The summed E-state index contributed by atoms with van der Waals surface area (Å²) in [6.45, 7) is 6.14. The number of amides is 1. The lowest BCUT2D eigenvalue weighted by atomic mass is 10.1. The Hall–Kier alpha value is -1.62. The Morgan fingerprint density at radius 1 is 1.53 bits per heavy atom. The summed E-state index contributed by atoms with van der Waals surface area (Å²) in [7, 11) is 1.54. The Bertz CT molecular complexity index is 407. The van der Waals surface area contributed by atoms with Crippen molar-refractivity contribution in [3.63, 3.8) is 0 Å². The Kier molecular flexibility index (Phi) is 6.29. The first-order valence-electron chi connectivity index (χ1n) is 6.57. The van der Waals surface area contributed by atoms with E-state index >= 15 is 0 Å². The van der Waals surface area contributed by atoms with E-state index in [-0.39, 0.29) is 5.91 Å². The van der Waals surface area contributed by atoms with Gasteiger partial charge in [-0.25, -0.2) is 0 Å². The molecule has 0 aliphatic heterocycles. The van der Waals surface area contributed by atoms with Gasteiger partial charge in [0.2, 0.25) is 0 Å². The molecule has 0 atom stereocenters. The molecule has 2 N–H and O–H groups in total. The number of rotatable bonds is 7. The molecule has 0 aliphatic rings. The highest BCUT2D eigenvalue weighted by Gasteiger charge is 2.19. The van der Waals surface area contributed by atoms with Crippen molar-refractivity contribution < 1.29 is 9.53 Å². The molecule has 1 heterocycles. The number of carbonyl (C=O) groups is 1. The predicted molar refractivity (Wildman–Crippen MR) is 75.2 cm³/mol. The summed E-state index contributed by atoms with van der Waals surface area (Å²) in [6, 6.07) is 1.69. The molecule has 0 aliphatic carbocycles. The van der Waals surface area contributed by atoms with Crippen LogP contribution in [0.2, 0.25) is 0 Å². The van der Waals surface area contributed by atoms with Gasteiger partial charge in [-0.05, 0) is 24.9 Å². The molecule has 106 valence electrons. The number of aromatic nitrogens is 1. The van der Waals surface area contributed by atoms with Crippen LogP contribution in [-0.4, -0.2) is 42.5 Å². The second-order valence-corrected chi connectivity index (χ2v) is 4.86. The zero-order valence-corrected chi connectivity index (χ0v) is 11.9. The average molecular weight is 265 g/mol. The lowest BCUT2D eigenvalue weighted by Gasteiger charge is -2.25. The SMILES string of the molecule is COc1cnccc1C(=O)N(CCCN)CC(C)C. The summed E-state index contributed by atoms with van der Waals surface area (Å²) < 4.78 is 5.19. The monoisotopic (exact) mass is 265 g/mol. The third-order valence-corrected chi connectivity index (χ3v) is 2.74. The zero-order valence-electron chi connectivity index (χ0n) is 11.9. The maximum absolute atomic E-state index is 12.5. The van der Waals surface area contributed by atoms with Gasteiger partial charge in [0.25, 0.3) is 5.91 Å². The van der Waals surface area contributed by atoms with Gasteiger partial charge in [0.05, 0.1) is 18.9 Å². The second-order valence-electron chi connectivity index (χ2n) is 4.86. The summed E-state index contributed by atoms with van der Waals surface area (Å²) in [5.74, 6) is 0.893. The van der Waals surface area contributed by atoms with Crippen LogP contribution in [0, 0.1) is 5.92 Å². The number of methoxy groups -OCH3 is 1. The van der Waals surface area contributed by atoms with Crippen molar-refractivity contribution in [2.24, 2.45) is 11.7 Å². The minimum absolute atomic E-state index is 0.0265. The molecular formula is C14H23N3O2. The normalized spacial score (nSPS) is 10.6. The first-order chi connectivity index (χ1) is 9.10. The molecule has 1 amide bonds. The van der Waals surface area contributed by atoms with Gasteiger partial charge in [-0.3, -0.25) is 9.78 Å². The first kappa shape index (κ1) is 15.4. The fourth-order valence-electron chi connectivity index (χ4n) is 1.89. The molecule has 0 fully saturated rings. The minimum Gasteiger partial charge on any atom is -0.494 e. The van der Waals surface area contributed by atoms with Gasteiger partial charge in [-0.15, -0.1) is 0 Å². The van der Waals surface area contributed by atoms with E-state index in [9.17, 15) is 4.79 Å². The highest BCUT2D eigenvalue weighted by molar-refractivity contribution is 5.96. The van der Waals surface area contributed by atoms with E-state index in [1.807, 2.05) is 4.90 Å². The number of nitrogens with two attached hydrogens (primary N) is 1. The van der Waals surface area contributed by atoms with Crippen LogP contribution in [0.25, 0.3) is 0 Å². The summed E-state index contributed by atoms with van der Waals surface area (Å²) in [4.78, 5) is 18.3. The number of hydrogen-bond donors (Lipinski definition) is 1. The third kappa shape index (κ3) is 4.52. The largest absolute Gasteiger partial charge is 0.494 e. The predicted octanol–water partition coefficient (Wildman–Crippen LogP) is 1.54. The molecule has 0 aromatic carbocycles. The van der Waals surface area contributed by atoms with E-state index in [0.29, 0.717) is 36.9 Å². The molecule has 1 aromatic heterocycles. The van der Waals surface area contributed by atoms with Crippen LogP contribution in [-0.2, 0) is 0 Å². The van der Waals surface area contributed by atoms with Gasteiger partial charge in [0, 0.05) is 19.3 Å². The van der Waals surface area contributed by atoms with Crippen molar-refractivity contribution in [2.45, 2.75) is 20.3 Å². The van der Waals surface area contributed by atoms with Crippen molar-refractivity contribution in [2.75, 3.05) is 26.7 Å². The van der Waals surface area contributed by atoms with Crippen molar-refractivity contribution in [3.05, 3.63) is 24.0 Å². The molecule has 5 nitrogen and oxygen atoms in total. The van der Waals surface area contributed by atoms with E-state index in [2.05, 4.69) is 18.8 Å². The van der Waals surface area contributed by atoms with Crippen LogP contribution in [0.3, 0.4) is 0 Å². The van der Waals surface area contributed by atoms with Crippen LogP contribution in [0.15, 0.2) is 18.5 Å². The van der Waals surface area contributed by atoms with E-state index in [1.165, 1.54) is 0 Å². The number of carbonyl (C=O) groups excluding carboxylic acids is 1. The summed E-state index contributed by atoms with van der Waals surface area (Å²) in [5.41, 5.74) is 6.08. The van der Waals surface area contributed by atoms with Gasteiger partial charge in [0.15, 0.2) is 0 Å². The maximum Gasteiger partial charge on any atom is 0.257 e. The van der Waals surface area contributed by atoms with Crippen LogP contribution in [0.5, 0.6) is 5.75 Å². The quantitative estimate of drug-likeness (QED) is 0.812. The molecule has 0 radical (unpaired) electrons. The third-order valence-electron chi connectivity index (χ3n) is 2.74. The fraction of sp³-hybridized carbons (Fsp3) is 0.571. The van der Waals surface area contributed by atoms with E-state index < -0.39 is 0 Å². The topological polar surface area (TPSA) is 68.5 Å². The Balaban J connectivity index is 2.90. The summed E-state index contributed by atoms with van der Waals surface area (Å²) in [6.07, 6.45) is 3.96. The Morgan fingerprint density at radius 2 is 2.26 bits per heavy atom. The molecule has 0 saturated heterocycles. The van der Waals surface area contributed by atoms with E-state index in [4.69, 9.17) is 10.5 Å². The maximum atomic E-state index is 12.5. The number of pyridine rings is 1. The standard InChI is InChI=1S/C14H23N3O2/c1-11(2)10-17(8-4-6-15)14(18)12-5-7-16-9-13(12)19-3/h5,7,9,11H,4,6,8,10,15H2,1-3H3. The minimum atomic E-state index is -0.0265. The molecule has 19 heavy (non-hydrogen) atoms. The highest BCUT2D eigenvalue weighted by Crippen LogP contribution is 2.18. The summed E-state index contributed by atoms with van der Waals surface area (Å²) >= 11 is 0. The lowest BCUT2D eigenvalue weighted by molar-refractivity contribution is 0.0731. The zero-order chi connectivity index (χ0) is 14.3. The van der Waals surface area contributed by atoms with Crippen molar-refractivity contribution in [3.8, 4) is 5.75 Å². The highest BCUT2D eigenvalue weighted by atomic mass is 16.5. The van der Waals surface area contributed by atoms with Crippen LogP contribution < -0.4 is 10.5 Å². The fourth-order valence-corrected chi connectivity index (χ4v) is 1.89. The van der Waals surface area contributed by atoms with Gasteiger partial charge >= 0.3 is 0 Å². The average Bonchev–Trinajstić information content (AvgIpc) is 2.42. The van der Waals surface area contributed by atoms with Crippen LogP contribution in [0.4, 0.5) is 0 Å². The lowest BCUT2D eigenvalue weighted by Crippen LogP contribution is -2.36. The smallest absolute Gasteiger partial charge is 0.257 e. The number of hydrogen-bond acceptors (Lipinski definition) is 4. The summed E-state index contributed by atoms with van der Waals surface area (Å²) in [5, 5.41) is 0. The molecular weight excluding hydrogens is 242 g/mol. The Labute approximate surface area is 114 Å². The molecule has 0 saturated carbocycles. The van der Waals surface area contributed by atoms with Gasteiger partial charge in [-0.2, -0.15) is 0 Å². The number of ether oxygens (including phenoxy) is 1. The van der Waals surface area contributed by atoms with Crippen molar-refractivity contribution >= 4 is 5.91 Å².